The molecule has 0 spiro atoms. The molecule has 0 aromatic heterocycles. The predicted octanol–water partition coefficient (Wildman–Crippen LogP) is 3.39. The molecule has 0 bridgehead atoms. The number of nitrogens with one attached hydrogen (secondary N) is 2. The van der Waals surface area contributed by atoms with E-state index in [0.717, 1.165) is 38.4 Å². The minimum absolute atomic E-state index is 0.179. The van der Waals surface area contributed by atoms with Crippen molar-refractivity contribution in [3.05, 3.63) is 23.2 Å². The van der Waals surface area contributed by atoms with Crippen molar-refractivity contribution in [3.8, 4) is 5.75 Å². The quantitative estimate of drug-likeness (QED) is 0.555. The van der Waals surface area contributed by atoms with E-state index in [-0.39, 0.29) is 22.6 Å². The lowest BCUT2D eigenvalue weighted by atomic mass is 10.1. The number of nitrogens with zero attached hydrogens (tertiary/aromatic N) is 2. The molecule has 4 N–H and O–H groups in total. The summed E-state index contributed by atoms with van der Waals surface area (Å²) in [5.74, 6) is -0.652. The Morgan fingerprint density at radius 2 is 1.96 bits per heavy atom. The summed E-state index contributed by atoms with van der Waals surface area (Å²) in [6, 6.07) is 3.68. The number of guanidine groups is 2. The molecule has 1 saturated heterocycles. The first-order valence-corrected chi connectivity index (χ1v) is 7.62. The number of rotatable bonds is 2. The van der Waals surface area contributed by atoms with Crippen LogP contribution in [0.15, 0.2) is 23.2 Å². The molecule has 1 aromatic rings. The monoisotopic (exact) mass is 363 g/mol. The minimum atomic E-state index is -4.85. The Balaban J connectivity index is 2.04. The third-order valence-corrected chi connectivity index (χ3v) is 3.64. The van der Waals surface area contributed by atoms with Gasteiger partial charge in [0, 0.05) is 24.8 Å². The molecular formula is C14H17ClF3N5O. The first-order chi connectivity index (χ1) is 11.2. The second-order valence-corrected chi connectivity index (χ2v) is 5.59. The Hall–Kier alpha value is -2.16. The summed E-state index contributed by atoms with van der Waals surface area (Å²) in [4.78, 5) is 5.78. The summed E-state index contributed by atoms with van der Waals surface area (Å²) in [5.41, 5.74) is 6.02. The fraction of sp³-hybridized carbons (Fsp3) is 0.429. The smallest absolute Gasteiger partial charge is 0.404 e. The lowest BCUT2D eigenvalue weighted by Gasteiger charge is -2.27. The van der Waals surface area contributed by atoms with Crippen molar-refractivity contribution in [1.29, 1.82) is 5.41 Å². The molecule has 132 valence electrons. The Morgan fingerprint density at radius 3 is 2.58 bits per heavy atom. The number of piperidine rings is 1. The molecule has 0 unspecified atom stereocenters. The highest BCUT2D eigenvalue weighted by Crippen LogP contribution is 2.32. The summed E-state index contributed by atoms with van der Waals surface area (Å²) < 4.78 is 40.7. The van der Waals surface area contributed by atoms with Crippen LogP contribution in [-0.2, 0) is 0 Å². The van der Waals surface area contributed by atoms with Crippen LogP contribution in [0.1, 0.15) is 19.3 Å². The van der Waals surface area contributed by atoms with Crippen LogP contribution < -0.4 is 15.8 Å². The second kappa shape index (κ2) is 7.61. The molecule has 0 saturated carbocycles. The molecule has 0 radical (unpaired) electrons. The van der Waals surface area contributed by atoms with E-state index < -0.39 is 12.1 Å². The van der Waals surface area contributed by atoms with E-state index in [1.54, 1.807) is 0 Å². The number of nitrogens with two attached hydrogens (primary N) is 1. The van der Waals surface area contributed by atoms with Gasteiger partial charge in [0.15, 0.2) is 5.96 Å². The number of ether oxygens (including phenoxy) is 1. The summed E-state index contributed by atoms with van der Waals surface area (Å²) >= 11 is 5.66. The number of halogens is 4. The zero-order valence-electron chi connectivity index (χ0n) is 12.7. The number of alkyl halides is 3. The molecule has 0 amide bonds. The number of hydrogen-bond donors (Lipinski definition) is 3. The van der Waals surface area contributed by atoms with Gasteiger partial charge in [0.05, 0.1) is 5.02 Å². The zero-order chi connectivity index (χ0) is 17.7. The van der Waals surface area contributed by atoms with Gasteiger partial charge in [-0.25, -0.2) is 0 Å². The van der Waals surface area contributed by atoms with E-state index in [4.69, 9.17) is 22.7 Å². The summed E-state index contributed by atoms with van der Waals surface area (Å²) in [6.07, 6.45) is -1.71. The molecule has 2 rings (SSSR count). The number of aliphatic imine (C=N–C) groups is 1. The van der Waals surface area contributed by atoms with Crippen LogP contribution >= 0.6 is 11.6 Å². The van der Waals surface area contributed by atoms with Crippen LogP contribution in [-0.4, -0.2) is 36.3 Å². The molecular weight excluding hydrogens is 347 g/mol. The van der Waals surface area contributed by atoms with Crippen molar-refractivity contribution in [2.45, 2.75) is 25.6 Å². The molecule has 1 aliphatic heterocycles. The van der Waals surface area contributed by atoms with Gasteiger partial charge >= 0.3 is 6.36 Å². The zero-order valence-corrected chi connectivity index (χ0v) is 13.4. The normalized spacial score (nSPS) is 16.0. The lowest BCUT2D eigenvalue weighted by Crippen LogP contribution is -2.41. The number of hydrogen-bond acceptors (Lipinski definition) is 2. The van der Waals surface area contributed by atoms with E-state index >= 15 is 0 Å². The van der Waals surface area contributed by atoms with E-state index in [1.165, 1.54) is 12.1 Å². The van der Waals surface area contributed by atoms with E-state index in [2.05, 4.69) is 15.0 Å². The van der Waals surface area contributed by atoms with Crippen LogP contribution in [0.4, 0.5) is 18.9 Å². The first kappa shape index (κ1) is 18.2. The highest BCUT2D eigenvalue weighted by Gasteiger charge is 2.32. The molecule has 1 aliphatic rings. The lowest BCUT2D eigenvalue weighted by molar-refractivity contribution is -0.274. The predicted molar refractivity (Wildman–Crippen MR) is 86.5 cm³/mol. The molecule has 1 aromatic carbocycles. The topological polar surface area (TPSA) is 86.7 Å². The molecule has 0 atom stereocenters. The summed E-state index contributed by atoms with van der Waals surface area (Å²) in [6.45, 7) is 1.54. The van der Waals surface area contributed by atoms with Crippen molar-refractivity contribution in [1.82, 2.24) is 4.90 Å². The number of anilines is 1. The molecule has 6 nitrogen and oxygen atoms in total. The summed E-state index contributed by atoms with van der Waals surface area (Å²) in [7, 11) is 0. The maximum absolute atomic E-state index is 12.3. The van der Waals surface area contributed by atoms with E-state index in [0.29, 0.717) is 0 Å². The van der Waals surface area contributed by atoms with Gasteiger partial charge in [0.25, 0.3) is 0 Å². The van der Waals surface area contributed by atoms with Gasteiger partial charge in [0.1, 0.15) is 5.75 Å². The Labute approximate surface area is 141 Å². The van der Waals surface area contributed by atoms with Crippen LogP contribution in [0.5, 0.6) is 5.75 Å². The Kier molecular flexibility index (Phi) is 5.76. The Bertz CT molecular complexity index is 629. The maximum Gasteiger partial charge on any atom is 0.573 e. The third kappa shape index (κ3) is 5.48. The van der Waals surface area contributed by atoms with Crippen LogP contribution in [0.3, 0.4) is 0 Å². The molecule has 10 heteroatoms. The molecule has 24 heavy (non-hydrogen) atoms. The van der Waals surface area contributed by atoms with Gasteiger partial charge in [-0.05, 0) is 31.4 Å². The van der Waals surface area contributed by atoms with Crippen molar-refractivity contribution in [2.75, 3.05) is 18.4 Å². The number of benzene rings is 1. The number of likely N-dealkylation sites (tertiary alicyclic amines) is 1. The first-order valence-electron chi connectivity index (χ1n) is 7.24. The van der Waals surface area contributed by atoms with Gasteiger partial charge < -0.3 is 20.7 Å². The van der Waals surface area contributed by atoms with Gasteiger partial charge in [0.2, 0.25) is 5.96 Å². The largest absolute Gasteiger partial charge is 0.573 e. The van der Waals surface area contributed by atoms with Crippen LogP contribution in [0.25, 0.3) is 0 Å². The summed E-state index contributed by atoms with van der Waals surface area (Å²) in [5, 5.41) is 10.1. The van der Waals surface area contributed by atoms with Crippen LogP contribution in [0.2, 0.25) is 5.02 Å². The van der Waals surface area contributed by atoms with E-state index in [9.17, 15) is 13.2 Å². The van der Waals surface area contributed by atoms with Crippen molar-refractivity contribution in [2.24, 2.45) is 10.7 Å². The van der Waals surface area contributed by atoms with Gasteiger partial charge in [-0.15, -0.1) is 13.2 Å². The van der Waals surface area contributed by atoms with Gasteiger partial charge in [-0.3, -0.25) is 5.41 Å². The van der Waals surface area contributed by atoms with Gasteiger partial charge in [-0.1, -0.05) is 11.6 Å². The van der Waals surface area contributed by atoms with Crippen LogP contribution in [0, 0.1) is 5.41 Å². The fourth-order valence-corrected chi connectivity index (χ4v) is 2.41. The fourth-order valence-electron chi connectivity index (χ4n) is 2.26. The minimum Gasteiger partial charge on any atom is -0.404 e. The van der Waals surface area contributed by atoms with Gasteiger partial charge in [-0.2, -0.15) is 4.99 Å². The average molecular weight is 364 g/mol. The van der Waals surface area contributed by atoms with E-state index in [1.807, 2.05) is 4.90 Å². The SMILES string of the molecule is N=C(N=C(N)N1CCCCC1)Nc1ccc(Cl)c(OC(F)(F)F)c1. The van der Waals surface area contributed by atoms with Crippen molar-refractivity contribution < 1.29 is 17.9 Å². The molecule has 1 heterocycles. The highest BCUT2D eigenvalue weighted by atomic mass is 35.5. The third-order valence-electron chi connectivity index (χ3n) is 3.33. The molecule has 1 fully saturated rings. The van der Waals surface area contributed by atoms with Crippen molar-refractivity contribution >= 4 is 29.2 Å². The Morgan fingerprint density at radius 1 is 1.29 bits per heavy atom. The second-order valence-electron chi connectivity index (χ2n) is 5.18. The molecule has 0 aliphatic carbocycles. The van der Waals surface area contributed by atoms with Crippen molar-refractivity contribution in [3.63, 3.8) is 0 Å². The highest BCUT2D eigenvalue weighted by molar-refractivity contribution is 6.32. The standard InChI is InChI=1S/C14H17ClF3N5O/c15-10-5-4-9(8-11(10)24-14(16,17)18)21-12(19)22-13(20)23-6-2-1-3-7-23/h4-5,8H,1-3,6-7H2,(H4,19,20,21,22). The maximum atomic E-state index is 12.3. The average Bonchev–Trinajstić information content (AvgIpc) is 2.50.